The quantitative estimate of drug-likeness (QED) is 0.679. The second kappa shape index (κ2) is 3.77. The lowest BCUT2D eigenvalue weighted by Gasteiger charge is -2.35. The zero-order valence-corrected chi connectivity index (χ0v) is 10.8. The van der Waals surface area contributed by atoms with Crippen molar-refractivity contribution in [2.45, 2.75) is 32.2 Å². The maximum atomic E-state index is 5.95. The zero-order valence-electron chi connectivity index (χ0n) is 10.8. The highest BCUT2D eigenvalue weighted by atomic mass is 17.3. The molecule has 2 aliphatic heterocycles. The van der Waals surface area contributed by atoms with Crippen LogP contribution in [-0.2, 0) is 25.0 Å². The summed E-state index contributed by atoms with van der Waals surface area (Å²) in [4.78, 5) is 10.7. The Morgan fingerprint density at radius 3 is 2.74 bits per heavy atom. The first-order valence-corrected chi connectivity index (χ1v) is 6.37. The molecule has 4 nitrogen and oxygen atoms in total. The Kier molecular flexibility index (Phi) is 2.26. The summed E-state index contributed by atoms with van der Waals surface area (Å²) in [7, 11) is 0. The van der Waals surface area contributed by atoms with Crippen LogP contribution in [0.15, 0.2) is 36.4 Å². The van der Waals surface area contributed by atoms with Crippen LogP contribution in [0, 0.1) is 0 Å². The Morgan fingerprint density at radius 1 is 1.11 bits per heavy atom. The Morgan fingerprint density at radius 2 is 1.89 bits per heavy atom. The molecule has 98 valence electrons. The molecule has 0 saturated carbocycles. The SMILES string of the molecule is CC1OOC2(C)OC(O1)c1cccc3cccc2c13. The van der Waals surface area contributed by atoms with Gasteiger partial charge in [-0.05, 0) is 24.6 Å². The summed E-state index contributed by atoms with van der Waals surface area (Å²) in [6.07, 6.45) is -0.947. The lowest BCUT2D eigenvalue weighted by atomic mass is 9.92. The minimum Gasteiger partial charge on any atom is -0.316 e. The van der Waals surface area contributed by atoms with Crippen molar-refractivity contribution in [1.82, 2.24) is 0 Å². The molecule has 2 bridgehead atoms. The van der Waals surface area contributed by atoms with Crippen molar-refractivity contribution in [2.75, 3.05) is 0 Å². The maximum Gasteiger partial charge on any atom is 0.228 e. The molecular weight excluding hydrogens is 244 g/mol. The third kappa shape index (κ3) is 1.55. The number of benzene rings is 2. The molecule has 0 aromatic heterocycles. The van der Waals surface area contributed by atoms with E-state index in [1.807, 2.05) is 31.2 Å². The summed E-state index contributed by atoms with van der Waals surface area (Å²) >= 11 is 0. The molecule has 19 heavy (non-hydrogen) atoms. The lowest BCUT2D eigenvalue weighted by molar-refractivity contribution is -0.438. The first-order chi connectivity index (χ1) is 9.17. The molecule has 1 saturated heterocycles. The molecule has 2 aromatic rings. The summed E-state index contributed by atoms with van der Waals surface area (Å²) < 4.78 is 11.7. The lowest BCUT2D eigenvalue weighted by Crippen LogP contribution is -2.33. The smallest absolute Gasteiger partial charge is 0.228 e. The van der Waals surface area contributed by atoms with Crippen LogP contribution < -0.4 is 0 Å². The molecule has 2 aromatic carbocycles. The molecule has 0 amide bonds. The fraction of sp³-hybridized carbons (Fsp3) is 0.333. The molecule has 0 spiro atoms. The van der Waals surface area contributed by atoms with E-state index in [-0.39, 0.29) is 0 Å². The van der Waals surface area contributed by atoms with Gasteiger partial charge in [-0.25, -0.2) is 4.89 Å². The second-order valence-corrected chi connectivity index (χ2v) is 5.03. The van der Waals surface area contributed by atoms with Crippen LogP contribution in [0.2, 0.25) is 0 Å². The van der Waals surface area contributed by atoms with Gasteiger partial charge in [-0.3, -0.25) is 0 Å². The van der Waals surface area contributed by atoms with Gasteiger partial charge < -0.3 is 9.47 Å². The van der Waals surface area contributed by atoms with Crippen LogP contribution in [-0.4, -0.2) is 6.29 Å². The molecule has 2 aliphatic rings. The van der Waals surface area contributed by atoms with Crippen molar-refractivity contribution in [3.63, 3.8) is 0 Å². The zero-order chi connectivity index (χ0) is 13.0. The van der Waals surface area contributed by atoms with Crippen LogP contribution in [0.3, 0.4) is 0 Å². The van der Waals surface area contributed by atoms with E-state index in [2.05, 4.69) is 12.1 Å². The van der Waals surface area contributed by atoms with E-state index in [4.69, 9.17) is 19.2 Å². The van der Waals surface area contributed by atoms with Crippen LogP contribution in [0.1, 0.15) is 31.3 Å². The van der Waals surface area contributed by atoms with E-state index in [1.165, 1.54) is 0 Å². The van der Waals surface area contributed by atoms with Crippen molar-refractivity contribution in [3.05, 3.63) is 47.5 Å². The molecular formula is C15H14O4. The van der Waals surface area contributed by atoms with Gasteiger partial charge in [0.15, 0.2) is 12.6 Å². The number of ether oxygens (including phenoxy) is 2. The molecule has 1 fully saturated rings. The van der Waals surface area contributed by atoms with Crippen molar-refractivity contribution in [3.8, 4) is 0 Å². The largest absolute Gasteiger partial charge is 0.316 e. The van der Waals surface area contributed by atoms with Gasteiger partial charge in [-0.1, -0.05) is 36.4 Å². The summed E-state index contributed by atoms with van der Waals surface area (Å²) in [5.74, 6) is -0.941. The normalized spacial score (nSPS) is 33.2. The van der Waals surface area contributed by atoms with Gasteiger partial charge in [0.1, 0.15) is 0 Å². The third-order valence-corrected chi connectivity index (χ3v) is 3.67. The standard InChI is InChI=1S/C15H14O4/c1-9-16-14-11-7-3-5-10-6-4-8-12(13(10)11)15(2,17-14)19-18-9/h3-9,14H,1-2H3. The number of fused-ring (bicyclic) bond motifs is 4. The summed E-state index contributed by atoms with van der Waals surface area (Å²) in [6, 6.07) is 12.2. The molecule has 0 aliphatic carbocycles. The number of rotatable bonds is 0. The van der Waals surface area contributed by atoms with E-state index in [0.717, 1.165) is 21.9 Å². The fourth-order valence-electron chi connectivity index (χ4n) is 2.80. The molecule has 3 atom stereocenters. The van der Waals surface area contributed by atoms with E-state index >= 15 is 0 Å². The average Bonchev–Trinajstić information content (AvgIpc) is 2.55. The number of hydrogen-bond acceptors (Lipinski definition) is 4. The minimum atomic E-state index is -0.941. The maximum absolute atomic E-state index is 5.95. The van der Waals surface area contributed by atoms with E-state index in [0.29, 0.717) is 0 Å². The Hall–Kier alpha value is -1.46. The van der Waals surface area contributed by atoms with Crippen LogP contribution >= 0.6 is 0 Å². The summed E-state index contributed by atoms with van der Waals surface area (Å²) in [5, 5.41) is 2.28. The summed E-state index contributed by atoms with van der Waals surface area (Å²) in [6.45, 7) is 3.64. The van der Waals surface area contributed by atoms with Crippen molar-refractivity contribution in [2.24, 2.45) is 0 Å². The van der Waals surface area contributed by atoms with Gasteiger partial charge in [0.05, 0.1) is 0 Å². The molecule has 0 radical (unpaired) electrons. The first kappa shape index (κ1) is 11.4. The van der Waals surface area contributed by atoms with Gasteiger partial charge in [0.2, 0.25) is 5.79 Å². The Bertz CT molecular complexity index is 648. The van der Waals surface area contributed by atoms with Crippen LogP contribution in [0.4, 0.5) is 0 Å². The van der Waals surface area contributed by atoms with E-state index < -0.39 is 18.4 Å². The van der Waals surface area contributed by atoms with Crippen molar-refractivity contribution < 1.29 is 19.2 Å². The van der Waals surface area contributed by atoms with Gasteiger partial charge in [-0.2, -0.15) is 4.89 Å². The monoisotopic (exact) mass is 258 g/mol. The van der Waals surface area contributed by atoms with E-state index in [9.17, 15) is 0 Å². The van der Waals surface area contributed by atoms with Gasteiger partial charge >= 0.3 is 0 Å². The predicted octanol–water partition coefficient (Wildman–Crippen LogP) is 3.37. The van der Waals surface area contributed by atoms with Gasteiger partial charge in [-0.15, -0.1) is 0 Å². The first-order valence-electron chi connectivity index (χ1n) is 6.37. The topological polar surface area (TPSA) is 36.9 Å². The molecule has 0 N–H and O–H groups in total. The van der Waals surface area contributed by atoms with E-state index in [1.54, 1.807) is 6.92 Å². The van der Waals surface area contributed by atoms with Crippen molar-refractivity contribution >= 4 is 10.8 Å². The molecule has 4 rings (SSSR count). The average molecular weight is 258 g/mol. The Labute approximate surface area is 110 Å². The predicted molar refractivity (Wildman–Crippen MR) is 67.8 cm³/mol. The second-order valence-electron chi connectivity index (χ2n) is 5.03. The molecule has 3 unspecified atom stereocenters. The van der Waals surface area contributed by atoms with Crippen LogP contribution in [0.5, 0.6) is 0 Å². The van der Waals surface area contributed by atoms with Crippen molar-refractivity contribution in [1.29, 1.82) is 0 Å². The molecule has 2 heterocycles. The van der Waals surface area contributed by atoms with Gasteiger partial charge in [0.25, 0.3) is 0 Å². The highest BCUT2D eigenvalue weighted by Crippen LogP contribution is 2.47. The number of hydrogen-bond donors (Lipinski definition) is 0. The third-order valence-electron chi connectivity index (χ3n) is 3.67. The fourth-order valence-corrected chi connectivity index (χ4v) is 2.80. The minimum absolute atomic E-state index is 0.471. The highest BCUT2D eigenvalue weighted by Gasteiger charge is 2.44. The Balaban J connectivity index is 2.07. The summed E-state index contributed by atoms with van der Waals surface area (Å²) in [5.41, 5.74) is 1.99. The van der Waals surface area contributed by atoms with Gasteiger partial charge in [0, 0.05) is 11.1 Å². The molecule has 4 heteroatoms. The highest BCUT2D eigenvalue weighted by molar-refractivity contribution is 5.90. The van der Waals surface area contributed by atoms with Crippen LogP contribution in [0.25, 0.3) is 10.8 Å².